The number of allylic oxidation sites excluding steroid dienone is 3. The largest absolute Gasteiger partial charge is 0.478 e. The van der Waals surface area contributed by atoms with Gasteiger partial charge < -0.3 is 10.2 Å². The molecule has 2 atom stereocenters. The highest BCUT2D eigenvalue weighted by Crippen LogP contribution is 2.34. The SMILES string of the molecule is CC(C)=CCCC(C)(O)C1CC=C(C(=O)O)CC1. The Balaban J connectivity index is 2.54. The molecule has 0 aromatic rings. The molecule has 2 N–H and O–H groups in total. The zero-order chi connectivity index (χ0) is 13.8. The molecule has 3 nitrogen and oxygen atoms in total. The monoisotopic (exact) mass is 252 g/mol. The van der Waals surface area contributed by atoms with Crippen LogP contribution in [0.5, 0.6) is 0 Å². The lowest BCUT2D eigenvalue weighted by molar-refractivity contribution is -0.133. The van der Waals surface area contributed by atoms with E-state index >= 15 is 0 Å². The first-order valence-electron chi connectivity index (χ1n) is 6.61. The Hall–Kier alpha value is -1.09. The maximum Gasteiger partial charge on any atom is 0.331 e. The summed E-state index contributed by atoms with van der Waals surface area (Å²) in [6.07, 6.45) is 7.52. The molecule has 0 bridgehead atoms. The molecule has 0 aromatic heterocycles. The Morgan fingerprint density at radius 3 is 2.67 bits per heavy atom. The van der Waals surface area contributed by atoms with Crippen molar-refractivity contribution in [3.8, 4) is 0 Å². The van der Waals surface area contributed by atoms with Crippen LogP contribution in [0.3, 0.4) is 0 Å². The van der Waals surface area contributed by atoms with Crippen LogP contribution in [-0.2, 0) is 4.79 Å². The highest BCUT2D eigenvalue weighted by Gasteiger charge is 2.32. The summed E-state index contributed by atoms with van der Waals surface area (Å²) < 4.78 is 0. The van der Waals surface area contributed by atoms with Crippen LogP contribution in [0.25, 0.3) is 0 Å². The first kappa shape index (κ1) is 15.0. The molecule has 0 spiro atoms. The van der Waals surface area contributed by atoms with Crippen LogP contribution in [0.2, 0.25) is 0 Å². The average molecular weight is 252 g/mol. The second kappa shape index (κ2) is 6.19. The summed E-state index contributed by atoms with van der Waals surface area (Å²) in [7, 11) is 0. The van der Waals surface area contributed by atoms with Crippen molar-refractivity contribution in [3.05, 3.63) is 23.3 Å². The molecule has 0 radical (unpaired) electrons. The Labute approximate surface area is 109 Å². The second-order valence-corrected chi connectivity index (χ2v) is 5.68. The van der Waals surface area contributed by atoms with Crippen LogP contribution in [0, 0.1) is 5.92 Å². The molecule has 0 fully saturated rings. The van der Waals surface area contributed by atoms with Crippen LogP contribution >= 0.6 is 0 Å². The minimum atomic E-state index is -0.822. The number of aliphatic carboxylic acids is 1. The number of rotatable bonds is 5. The van der Waals surface area contributed by atoms with Crippen molar-refractivity contribution in [2.24, 2.45) is 5.92 Å². The quantitative estimate of drug-likeness (QED) is 0.738. The number of hydrogen-bond donors (Lipinski definition) is 2. The maximum absolute atomic E-state index is 10.8. The van der Waals surface area contributed by atoms with E-state index in [9.17, 15) is 9.90 Å². The molecule has 102 valence electrons. The molecule has 18 heavy (non-hydrogen) atoms. The molecule has 0 amide bonds. The second-order valence-electron chi connectivity index (χ2n) is 5.68. The van der Waals surface area contributed by atoms with E-state index in [1.807, 2.05) is 6.92 Å². The smallest absolute Gasteiger partial charge is 0.331 e. The topological polar surface area (TPSA) is 57.5 Å². The molecule has 1 rings (SSSR count). The molecular formula is C15H24O3. The summed E-state index contributed by atoms with van der Waals surface area (Å²) in [5.41, 5.74) is 1.06. The van der Waals surface area contributed by atoms with E-state index in [2.05, 4.69) is 19.9 Å². The molecule has 0 aromatic carbocycles. The average Bonchev–Trinajstić information content (AvgIpc) is 2.28. The van der Waals surface area contributed by atoms with Gasteiger partial charge in [-0.25, -0.2) is 4.79 Å². The predicted molar refractivity (Wildman–Crippen MR) is 72.3 cm³/mol. The fraction of sp³-hybridized carbons (Fsp3) is 0.667. The standard InChI is InChI=1S/C15H24O3/c1-11(2)5-4-10-15(3,18)13-8-6-12(7-9-13)14(16)17/h5-6,13,18H,4,7-10H2,1-3H3,(H,16,17). The molecule has 1 aliphatic rings. The van der Waals surface area contributed by atoms with Crippen molar-refractivity contribution in [2.45, 2.75) is 58.5 Å². The molecule has 0 saturated heterocycles. The van der Waals surface area contributed by atoms with Crippen LogP contribution in [-0.4, -0.2) is 21.8 Å². The van der Waals surface area contributed by atoms with Crippen LogP contribution in [0.4, 0.5) is 0 Å². The number of carboxylic acids is 1. The van der Waals surface area contributed by atoms with Crippen molar-refractivity contribution in [3.63, 3.8) is 0 Å². The summed E-state index contributed by atoms with van der Waals surface area (Å²) in [5, 5.41) is 19.4. The van der Waals surface area contributed by atoms with E-state index in [-0.39, 0.29) is 5.92 Å². The van der Waals surface area contributed by atoms with Gasteiger partial charge in [0.2, 0.25) is 0 Å². The van der Waals surface area contributed by atoms with Gasteiger partial charge in [-0.15, -0.1) is 0 Å². The van der Waals surface area contributed by atoms with Crippen LogP contribution in [0.15, 0.2) is 23.3 Å². The molecule has 0 aliphatic heterocycles. The molecule has 3 heteroatoms. The van der Waals surface area contributed by atoms with Crippen LogP contribution in [0.1, 0.15) is 52.9 Å². The van der Waals surface area contributed by atoms with Gasteiger partial charge in [-0.2, -0.15) is 0 Å². The Bertz CT molecular complexity index is 360. The minimum Gasteiger partial charge on any atom is -0.478 e. The van der Waals surface area contributed by atoms with Gasteiger partial charge in [-0.3, -0.25) is 0 Å². The van der Waals surface area contributed by atoms with Crippen molar-refractivity contribution in [2.75, 3.05) is 0 Å². The summed E-state index contributed by atoms with van der Waals surface area (Å²) in [5.74, 6) is -0.649. The normalized spacial score (nSPS) is 22.9. The van der Waals surface area contributed by atoms with Gasteiger partial charge in [0, 0.05) is 5.57 Å². The first-order chi connectivity index (χ1) is 8.33. The van der Waals surface area contributed by atoms with Gasteiger partial charge >= 0.3 is 5.97 Å². The van der Waals surface area contributed by atoms with E-state index in [4.69, 9.17) is 5.11 Å². The van der Waals surface area contributed by atoms with E-state index in [0.29, 0.717) is 18.4 Å². The lowest BCUT2D eigenvalue weighted by atomic mass is 9.76. The highest BCUT2D eigenvalue weighted by molar-refractivity contribution is 5.86. The number of aliphatic hydroxyl groups is 1. The first-order valence-corrected chi connectivity index (χ1v) is 6.61. The predicted octanol–water partition coefficient (Wildman–Crippen LogP) is 3.29. The number of carboxylic acid groups (broad SMARTS) is 1. The lowest BCUT2D eigenvalue weighted by Crippen LogP contribution is -2.35. The number of carbonyl (C=O) groups is 1. The summed E-state index contributed by atoms with van der Waals surface area (Å²) >= 11 is 0. The zero-order valence-electron chi connectivity index (χ0n) is 11.6. The molecule has 1 aliphatic carbocycles. The van der Waals surface area contributed by atoms with Crippen molar-refractivity contribution in [1.29, 1.82) is 0 Å². The summed E-state index contributed by atoms with van der Waals surface area (Å²) in [6.45, 7) is 5.98. The van der Waals surface area contributed by atoms with Gasteiger partial charge in [0.15, 0.2) is 0 Å². The molecule has 0 heterocycles. The van der Waals surface area contributed by atoms with E-state index in [1.54, 1.807) is 6.08 Å². The van der Waals surface area contributed by atoms with Crippen molar-refractivity contribution in [1.82, 2.24) is 0 Å². The zero-order valence-corrected chi connectivity index (χ0v) is 11.6. The third-order valence-electron chi connectivity index (χ3n) is 3.77. The third kappa shape index (κ3) is 4.30. The van der Waals surface area contributed by atoms with Gasteiger partial charge in [0.25, 0.3) is 0 Å². The molecule has 0 saturated carbocycles. The summed E-state index contributed by atoms with van der Waals surface area (Å²) in [4.78, 5) is 10.8. The van der Waals surface area contributed by atoms with Gasteiger partial charge in [-0.1, -0.05) is 17.7 Å². The lowest BCUT2D eigenvalue weighted by Gasteiger charge is -2.34. The fourth-order valence-corrected chi connectivity index (χ4v) is 2.45. The highest BCUT2D eigenvalue weighted by atomic mass is 16.4. The Morgan fingerprint density at radius 1 is 1.56 bits per heavy atom. The molecule has 2 unspecified atom stereocenters. The number of hydrogen-bond acceptors (Lipinski definition) is 2. The van der Waals surface area contributed by atoms with Crippen molar-refractivity contribution < 1.29 is 15.0 Å². The van der Waals surface area contributed by atoms with Gasteiger partial charge in [0.1, 0.15) is 0 Å². The Morgan fingerprint density at radius 2 is 2.22 bits per heavy atom. The minimum absolute atomic E-state index is 0.172. The summed E-state index contributed by atoms with van der Waals surface area (Å²) in [6, 6.07) is 0. The van der Waals surface area contributed by atoms with Crippen molar-refractivity contribution >= 4 is 5.97 Å². The Kier molecular flexibility index (Phi) is 5.15. The van der Waals surface area contributed by atoms with E-state index in [1.165, 1.54) is 5.57 Å². The maximum atomic E-state index is 10.8. The fourth-order valence-electron chi connectivity index (χ4n) is 2.45. The van der Waals surface area contributed by atoms with Gasteiger partial charge in [-0.05, 0) is 58.8 Å². The van der Waals surface area contributed by atoms with E-state index < -0.39 is 11.6 Å². The van der Waals surface area contributed by atoms with E-state index in [0.717, 1.165) is 19.3 Å². The third-order valence-corrected chi connectivity index (χ3v) is 3.77. The van der Waals surface area contributed by atoms with Gasteiger partial charge in [0.05, 0.1) is 5.60 Å². The van der Waals surface area contributed by atoms with Crippen LogP contribution < -0.4 is 0 Å². The molecular weight excluding hydrogens is 228 g/mol.